The Balaban J connectivity index is 2.45. The van der Waals surface area contributed by atoms with Crippen LogP contribution in [-0.2, 0) is 0 Å². The van der Waals surface area contributed by atoms with Gasteiger partial charge < -0.3 is 14.6 Å². The third-order valence-electron chi connectivity index (χ3n) is 2.63. The van der Waals surface area contributed by atoms with E-state index in [-0.39, 0.29) is 21.7 Å². The first-order valence-electron chi connectivity index (χ1n) is 5.66. The van der Waals surface area contributed by atoms with Gasteiger partial charge in [0.15, 0.2) is 17.4 Å². The normalized spacial score (nSPS) is 10.3. The molecule has 0 saturated heterocycles. The predicted molar refractivity (Wildman–Crippen MR) is 74.1 cm³/mol. The molecule has 0 spiro atoms. The minimum Gasteiger partial charge on any atom is -0.497 e. The molecule has 0 aliphatic heterocycles. The van der Waals surface area contributed by atoms with E-state index in [9.17, 15) is 13.6 Å². The van der Waals surface area contributed by atoms with Gasteiger partial charge in [-0.15, -0.1) is 0 Å². The lowest BCUT2D eigenvalue weighted by atomic mass is 10.2. The largest absolute Gasteiger partial charge is 0.497 e. The summed E-state index contributed by atoms with van der Waals surface area (Å²) in [4.78, 5) is 11.1. The summed E-state index contributed by atoms with van der Waals surface area (Å²) in [6.45, 7) is 0. The molecule has 2 rings (SSSR count). The quantitative estimate of drug-likeness (QED) is 0.888. The van der Waals surface area contributed by atoms with E-state index in [4.69, 9.17) is 14.6 Å². The van der Waals surface area contributed by atoms with Crippen LogP contribution in [0.2, 0.25) is 0 Å². The van der Waals surface area contributed by atoms with Gasteiger partial charge in [-0.25, -0.2) is 13.6 Å². The minimum atomic E-state index is -1.52. The number of benzene rings is 2. The van der Waals surface area contributed by atoms with E-state index >= 15 is 0 Å². The van der Waals surface area contributed by atoms with E-state index in [2.05, 4.69) is 15.9 Å². The Hall–Kier alpha value is -2.15. The molecule has 1 N–H and O–H groups in total. The molecule has 0 aromatic heterocycles. The molecule has 0 bridgehead atoms. The molecular weight excluding hydrogens is 350 g/mol. The van der Waals surface area contributed by atoms with E-state index in [1.807, 2.05) is 0 Å². The molecule has 4 nitrogen and oxygen atoms in total. The Bertz CT molecular complexity index is 704. The molecule has 0 heterocycles. The van der Waals surface area contributed by atoms with Crippen molar-refractivity contribution >= 4 is 21.9 Å². The lowest BCUT2D eigenvalue weighted by Crippen LogP contribution is -2.05. The third-order valence-corrected chi connectivity index (χ3v) is 3.24. The predicted octanol–water partition coefficient (Wildman–Crippen LogP) is 4.23. The Kier molecular flexibility index (Phi) is 4.42. The zero-order valence-electron chi connectivity index (χ0n) is 10.7. The van der Waals surface area contributed by atoms with Crippen molar-refractivity contribution in [3.8, 4) is 17.2 Å². The maximum Gasteiger partial charge on any atom is 0.342 e. The fourth-order valence-corrected chi connectivity index (χ4v) is 1.96. The molecule has 0 fully saturated rings. The molecule has 0 amide bonds. The number of rotatable bonds is 4. The fourth-order valence-electron chi connectivity index (χ4n) is 1.63. The molecule has 2 aromatic carbocycles. The van der Waals surface area contributed by atoms with Gasteiger partial charge in [-0.05, 0) is 40.2 Å². The standard InChI is InChI=1S/C14H9BrF2O4/c1-20-7-2-4-10(9(16)6-7)21-11-5-3-8(15)13(17)12(11)14(18)19/h2-6H,1H3,(H,18,19). The van der Waals surface area contributed by atoms with Crippen LogP contribution in [0.15, 0.2) is 34.8 Å². The van der Waals surface area contributed by atoms with Gasteiger partial charge in [-0.3, -0.25) is 0 Å². The van der Waals surface area contributed by atoms with Crippen molar-refractivity contribution in [2.24, 2.45) is 0 Å². The molecular formula is C14H9BrF2O4. The topological polar surface area (TPSA) is 55.8 Å². The number of hydrogen-bond acceptors (Lipinski definition) is 3. The highest BCUT2D eigenvalue weighted by Gasteiger charge is 2.21. The van der Waals surface area contributed by atoms with Crippen molar-refractivity contribution in [2.75, 3.05) is 7.11 Å². The van der Waals surface area contributed by atoms with E-state index in [0.29, 0.717) is 0 Å². The monoisotopic (exact) mass is 358 g/mol. The van der Waals surface area contributed by atoms with E-state index in [1.165, 1.54) is 31.4 Å². The summed E-state index contributed by atoms with van der Waals surface area (Å²) >= 11 is 2.88. The van der Waals surface area contributed by atoms with Crippen molar-refractivity contribution in [3.63, 3.8) is 0 Å². The first kappa shape index (κ1) is 15.2. The van der Waals surface area contributed by atoms with Gasteiger partial charge in [-0.2, -0.15) is 0 Å². The molecule has 0 aliphatic rings. The number of methoxy groups -OCH3 is 1. The highest BCUT2D eigenvalue weighted by molar-refractivity contribution is 9.10. The number of carbonyl (C=O) groups is 1. The fraction of sp³-hybridized carbons (Fsp3) is 0.0714. The second kappa shape index (κ2) is 6.09. The second-order valence-electron chi connectivity index (χ2n) is 3.94. The van der Waals surface area contributed by atoms with Crippen molar-refractivity contribution in [3.05, 3.63) is 52.0 Å². The first-order valence-corrected chi connectivity index (χ1v) is 6.46. The van der Waals surface area contributed by atoms with Gasteiger partial charge in [0, 0.05) is 6.07 Å². The molecule has 2 aromatic rings. The smallest absolute Gasteiger partial charge is 0.342 e. The highest BCUT2D eigenvalue weighted by atomic mass is 79.9. The summed E-state index contributed by atoms with van der Waals surface area (Å²) in [6, 6.07) is 6.29. The molecule has 0 unspecified atom stereocenters. The first-order chi connectivity index (χ1) is 9.93. The maximum absolute atomic E-state index is 13.8. The van der Waals surface area contributed by atoms with Crippen molar-refractivity contribution < 1.29 is 28.2 Å². The van der Waals surface area contributed by atoms with Crippen LogP contribution in [0.25, 0.3) is 0 Å². The zero-order valence-corrected chi connectivity index (χ0v) is 12.3. The summed E-state index contributed by atoms with van der Waals surface area (Å²) in [5.41, 5.74) is -0.681. The molecule has 110 valence electrons. The summed E-state index contributed by atoms with van der Waals surface area (Å²) in [6.07, 6.45) is 0. The zero-order chi connectivity index (χ0) is 15.6. The lowest BCUT2D eigenvalue weighted by molar-refractivity contribution is 0.0688. The van der Waals surface area contributed by atoms with Gasteiger partial charge >= 0.3 is 5.97 Å². The average Bonchev–Trinajstić information content (AvgIpc) is 2.44. The number of carboxylic acid groups (broad SMARTS) is 1. The van der Waals surface area contributed by atoms with E-state index in [1.54, 1.807) is 0 Å². The van der Waals surface area contributed by atoms with Gasteiger partial charge in [-0.1, -0.05) is 0 Å². The van der Waals surface area contributed by atoms with Crippen LogP contribution in [0.1, 0.15) is 10.4 Å². The molecule has 0 atom stereocenters. The number of carboxylic acids is 1. The van der Waals surface area contributed by atoms with Crippen LogP contribution in [0.5, 0.6) is 17.2 Å². The molecule has 0 saturated carbocycles. The van der Waals surface area contributed by atoms with Crippen LogP contribution < -0.4 is 9.47 Å². The van der Waals surface area contributed by atoms with Crippen molar-refractivity contribution in [1.29, 1.82) is 0 Å². The summed E-state index contributed by atoms with van der Waals surface area (Å²) in [5, 5.41) is 9.05. The van der Waals surface area contributed by atoms with Crippen LogP contribution in [0.3, 0.4) is 0 Å². The lowest BCUT2D eigenvalue weighted by Gasteiger charge is -2.11. The van der Waals surface area contributed by atoms with Crippen LogP contribution in [-0.4, -0.2) is 18.2 Å². The summed E-state index contributed by atoms with van der Waals surface area (Å²) < 4.78 is 37.6. The van der Waals surface area contributed by atoms with E-state index in [0.717, 1.165) is 6.07 Å². The number of ether oxygens (including phenoxy) is 2. The van der Waals surface area contributed by atoms with E-state index < -0.39 is 23.2 Å². The number of aromatic carboxylic acids is 1. The third kappa shape index (κ3) is 3.13. The maximum atomic E-state index is 13.8. The van der Waals surface area contributed by atoms with Crippen LogP contribution >= 0.6 is 15.9 Å². The highest BCUT2D eigenvalue weighted by Crippen LogP contribution is 2.33. The van der Waals surface area contributed by atoms with Gasteiger partial charge in [0.05, 0.1) is 11.6 Å². The van der Waals surface area contributed by atoms with Crippen molar-refractivity contribution in [1.82, 2.24) is 0 Å². The number of halogens is 3. The molecule has 0 aliphatic carbocycles. The van der Waals surface area contributed by atoms with Gasteiger partial charge in [0.25, 0.3) is 0 Å². The SMILES string of the molecule is COc1ccc(Oc2ccc(Br)c(F)c2C(=O)O)c(F)c1. The summed E-state index contributed by atoms with van der Waals surface area (Å²) in [5.74, 6) is -3.52. The molecule has 21 heavy (non-hydrogen) atoms. The summed E-state index contributed by atoms with van der Waals surface area (Å²) in [7, 11) is 1.38. The molecule has 7 heteroatoms. The van der Waals surface area contributed by atoms with Crippen molar-refractivity contribution in [2.45, 2.75) is 0 Å². The Morgan fingerprint density at radius 1 is 1.19 bits per heavy atom. The second-order valence-corrected chi connectivity index (χ2v) is 4.79. The minimum absolute atomic E-state index is 0.0255. The molecule has 0 radical (unpaired) electrons. The number of hydrogen-bond donors (Lipinski definition) is 1. The Labute approximate surface area is 127 Å². The average molecular weight is 359 g/mol. The van der Waals surface area contributed by atoms with Crippen LogP contribution in [0, 0.1) is 11.6 Å². The van der Waals surface area contributed by atoms with Crippen LogP contribution in [0.4, 0.5) is 8.78 Å². The Morgan fingerprint density at radius 2 is 1.86 bits per heavy atom. The Morgan fingerprint density at radius 3 is 2.43 bits per heavy atom. The van der Waals surface area contributed by atoms with Gasteiger partial charge in [0.1, 0.15) is 17.1 Å². The van der Waals surface area contributed by atoms with Gasteiger partial charge in [0.2, 0.25) is 0 Å².